The summed E-state index contributed by atoms with van der Waals surface area (Å²) in [6.07, 6.45) is 37.8. The first-order valence-corrected chi connectivity index (χ1v) is 16.8. The quantitative estimate of drug-likeness (QED) is 0.413. The van der Waals surface area contributed by atoms with Gasteiger partial charge in [0.05, 0.1) is 0 Å². The largest absolute Gasteiger partial charge is 0.367 e. The predicted molar refractivity (Wildman–Crippen MR) is 160 cm³/mol. The number of nitrogens with zero attached hydrogens (tertiary/aromatic N) is 2. The van der Waals surface area contributed by atoms with E-state index in [-0.39, 0.29) is 0 Å². The maximum absolute atomic E-state index is 5.27. The van der Waals surface area contributed by atoms with E-state index < -0.39 is 0 Å². The van der Waals surface area contributed by atoms with Gasteiger partial charge in [-0.2, -0.15) is 4.98 Å². The van der Waals surface area contributed by atoms with E-state index in [1.54, 1.807) is 0 Å². The number of anilines is 2. The third-order valence-corrected chi connectivity index (χ3v) is 9.50. The maximum Gasteiger partial charge on any atom is 0.224 e. The van der Waals surface area contributed by atoms with Crippen LogP contribution in [0.3, 0.4) is 0 Å². The molecule has 3 fully saturated rings. The minimum Gasteiger partial charge on any atom is -0.367 e. The zero-order valence-corrected chi connectivity index (χ0v) is 24.1. The number of nitrogens with one attached hydrogen (secondary N) is 2. The number of hydrogen-bond acceptors (Lipinski definition) is 4. The molecule has 0 spiro atoms. The molecule has 3 aliphatic carbocycles. The van der Waals surface area contributed by atoms with Crippen molar-refractivity contribution in [1.82, 2.24) is 9.97 Å². The van der Waals surface area contributed by atoms with Gasteiger partial charge in [-0.05, 0) is 44.4 Å². The van der Waals surface area contributed by atoms with E-state index in [1.807, 2.05) is 0 Å². The smallest absolute Gasteiger partial charge is 0.224 e. The molecule has 0 unspecified atom stereocenters. The van der Waals surface area contributed by atoms with Crippen LogP contribution in [0.25, 0.3) is 0 Å². The lowest BCUT2D eigenvalue weighted by molar-refractivity contribution is 0.457. The molecule has 37 heavy (non-hydrogen) atoms. The highest BCUT2D eigenvalue weighted by Gasteiger charge is 2.22. The van der Waals surface area contributed by atoms with E-state index in [0.717, 1.165) is 5.95 Å². The first kappa shape index (κ1) is 28.7. The topological polar surface area (TPSA) is 49.8 Å². The fourth-order valence-electron chi connectivity index (χ4n) is 7.10. The van der Waals surface area contributed by atoms with Crippen LogP contribution in [0.5, 0.6) is 0 Å². The van der Waals surface area contributed by atoms with Crippen molar-refractivity contribution in [2.24, 2.45) is 0 Å². The third kappa shape index (κ3) is 10.8. The van der Waals surface area contributed by atoms with Crippen LogP contribution in [0.15, 0.2) is 6.20 Å². The van der Waals surface area contributed by atoms with Gasteiger partial charge in [0.2, 0.25) is 5.95 Å². The summed E-state index contributed by atoms with van der Waals surface area (Å²) in [7, 11) is 0. The van der Waals surface area contributed by atoms with Crippen LogP contribution in [0.2, 0.25) is 0 Å². The summed E-state index contributed by atoms with van der Waals surface area (Å²) in [6.45, 7) is 0. The normalized spacial score (nSPS) is 23.8. The second-order valence-electron chi connectivity index (χ2n) is 12.7. The van der Waals surface area contributed by atoms with Gasteiger partial charge in [-0.25, -0.2) is 4.98 Å². The van der Waals surface area contributed by atoms with Gasteiger partial charge < -0.3 is 10.6 Å². The molecule has 1 aromatic rings. The third-order valence-electron chi connectivity index (χ3n) is 9.50. The van der Waals surface area contributed by atoms with Crippen LogP contribution in [0, 0.1) is 0 Å². The SMILES string of the molecule is c1nc(NC2CCCCCCCCCC2)nc(NC2CCCCCCC2)c1C1CCCCCCCCC1. The van der Waals surface area contributed by atoms with Crippen LogP contribution >= 0.6 is 0 Å². The number of aromatic nitrogens is 2. The van der Waals surface area contributed by atoms with Crippen molar-refractivity contribution in [3.8, 4) is 0 Å². The Morgan fingerprint density at radius 1 is 0.459 bits per heavy atom. The summed E-state index contributed by atoms with van der Waals surface area (Å²) in [5, 5.41) is 7.84. The summed E-state index contributed by atoms with van der Waals surface area (Å²) in [5.41, 5.74) is 1.41. The molecule has 3 saturated carbocycles. The van der Waals surface area contributed by atoms with Crippen molar-refractivity contribution in [2.45, 2.75) is 185 Å². The van der Waals surface area contributed by atoms with Crippen LogP contribution in [-0.4, -0.2) is 22.1 Å². The molecule has 4 heteroatoms. The Morgan fingerprint density at radius 2 is 0.838 bits per heavy atom. The molecule has 0 aliphatic heterocycles. The maximum atomic E-state index is 5.27. The minimum atomic E-state index is 0.520. The Labute approximate surface area is 229 Å². The number of rotatable bonds is 5. The zero-order chi connectivity index (χ0) is 25.4. The first-order chi connectivity index (χ1) is 18.4. The van der Waals surface area contributed by atoms with Crippen LogP contribution in [0.1, 0.15) is 178 Å². The minimum absolute atomic E-state index is 0.520. The fourth-order valence-corrected chi connectivity index (χ4v) is 7.10. The van der Waals surface area contributed by atoms with E-state index in [4.69, 9.17) is 9.97 Å². The van der Waals surface area contributed by atoms with Gasteiger partial charge in [0.15, 0.2) is 0 Å². The van der Waals surface area contributed by atoms with Crippen molar-refractivity contribution < 1.29 is 0 Å². The zero-order valence-electron chi connectivity index (χ0n) is 24.1. The Kier molecular flexibility index (Phi) is 13.4. The molecule has 1 aromatic heterocycles. The average molecular weight is 511 g/mol. The lowest BCUT2D eigenvalue weighted by atomic mass is 9.87. The molecule has 0 aromatic carbocycles. The standard InChI is InChI=1S/C33H58N4/c1-2-7-12-20-26-30(25-19-11-6-1)36-33-34-27-31(28-21-15-9-4-3-5-10-16-22-28)32(37-33)35-29-23-17-13-8-14-18-24-29/h27-30H,1-26H2,(H2,34,35,36,37). The van der Waals surface area contributed by atoms with E-state index >= 15 is 0 Å². The molecule has 1 heterocycles. The summed E-state index contributed by atoms with van der Waals surface area (Å²) >= 11 is 0. The van der Waals surface area contributed by atoms with E-state index in [9.17, 15) is 0 Å². The number of hydrogen-bond donors (Lipinski definition) is 2. The van der Waals surface area contributed by atoms with E-state index in [2.05, 4.69) is 16.8 Å². The molecule has 0 saturated heterocycles. The highest BCUT2D eigenvalue weighted by molar-refractivity contribution is 5.50. The van der Waals surface area contributed by atoms with Crippen LogP contribution in [-0.2, 0) is 0 Å². The molecule has 0 bridgehead atoms. The average Bonchev–Trinajstić information content (AvgIpc) is 2.95. The van der Waals surface area contributed by atoms with Crippen molar-refractivity contribution in [3.63, 3.8) is 0 Å². The van der Waals surface area contributed by atoms with Gasteiger partial charge in [0.1, 0.15) is 5.82 Å². The van der Waals surface area contributed by atoms with Gasteiger partial charge in [-0.1, -0.05) is 128 Å². The Morgan fingerprint density at radius 3 is 1.30 bits per heavy atom. The Bertz CT molecular complexity index is 705. The molecule has 0 atom stereocenters. The van der Waals surface area contributed by atoms with Crippen LogP contribution < -0.4 is 10.6 Å². The van der Waals surface area contributed by atoms with Crippen molar-refractivity contribution in [2.75, 3.05) is 10.6 Å². The van der Waals surface area contributed by atoms with Crippen LogP contribution in [0.4, 0.5) is 11.8 Å². The van der Waals surface area contributed by atoms with Gasteiger partial charge in [-0.3, -0.25) is 0 Å². The van der Waals surface area contributed by atoms with E-state index in [1.165, 1.54) is 178 Å². The molecular weight excluding hydrogens is 452 g/mol. The second-order valence-corrected chi connectivity index (χ2v) is 12.7. The lowest BCUT2D eigenvalue weighted by Gasteiger charge is -2.27. The van der Waals surface area contributed by atoms with E-state index in [0.29, 0.717) is 18.0 Å². The summed E-state index contributed by atoms with van der Waals surface area (Å²) < 4.78 is 0. The summed E-state index contributed by atoms with van der Waals surface area (Å²) in [5.74, 6) is 2.65. The second kappa shape index (κ2) is 17.3. The van der Waals surface area contributed by atoms with Crippen molar-refractivity contribution in [3.05, 3.63) is 11.8 Å². The molecule has 4 nitrogen and oxygen atoms in total. The molecule has 3 aliphatic rings. The van der Waals surface area contributed by atoms with Gasteiger partial charge >= 0.3 is 0 Å². The summed E-state index contributed by atoms with van der Waals surface area (Å²) in [6, 6.07) is 1.09. The van der Waals surface area contributed by atoms with Crippen molar-refractivity contribution in [1.29, 1.82) is 0 Å². The monoisotopic (exact) mass is 510 g/mol. The molecule has 2 N–H and O–H groups in total. The Hall–Kier alpha value is -1.32. The molecular formula is C33H58N4. The summed E-state index contributed by atoms with van der Waals surface area (Å²) in [4.78, 5) is 10.3. The van der Waals surface area contributed by atoms with Gasteiger partial charge in [-0.15, -0.1) is 0 Å². The molecule has 0 amide bonds. The molecule has 4 rings (SSSR count). The van der Waals surface area contributed by atoms with Gasteiger partial charge in [0, 0.05) is 23.8 Å². The highest BCUT2D eigenvalue weighted by Crippen LogP contribution is 2.35. The lowest BCUT2D eigenvalue weighted by Crippen LogP contribution is -2.25. The predicted octanol–water partition coefficient (Wildman–Crippen LogP) is 10.3. The Balaban J connectivity index is 1.49. The molecule has 0 radical (unpaired) electrons. The fraction of sp³-hybridized carbons (Fsp3) is 0.879. The molecule has 210 valence electrons. The highest BCUT2D eigenvalue weighted by atomic mass is 15.2. The van der Waals surface area contributed by atoms with Crippen molar-refractivity contribution >= 4 is 11.8 Å². The first-order valence-electron chi connectivity index (χ1n) is 16.8. The van der Waals surface area contributed by atoms with Gasteiger partial charge in [0.25, 0.3) is 0 Å².